The molecule has 4 unspecified atom stereocenters. The lowest BCUT2D eigenvalue weighted by Gasteiger charge is -2.24. The van der Waals surface area contributed by atoms with Gasteiger partial charge in [-0.3, -0.25) is 19.2 Å². The summed E-state index contributed by atoms with van der Waals surface area (Å²) in [7, 11) is 0. The molecule has 0 bridgehead atoms. The van der Waals surface area contributed by atoms with Gasteiger partial charge in [0.1, 0.15) is 18.1 Å². The van der Waals surface area contributed by atoms with Gasteiger partial charge in [-0.2, -0.15) is 0 Å². The van der Waals surface area contributed by atoms with Crippen LogP contribution >= 0.6 is 0 Å². The van der Waals surface area contributed by atoms with E-state index in [0.29, 0.717) is 12.1 Å². The molecule has 4 amide bonds. The molecule has 4 atom stereocenters. The van der Waals surface area contributed by atoms with Crippen LogP contribution in [-0.4, -0.2) is 80.6 Å². The van der Waals surface area contributed by atoms with Crippen molar-refractivity contribution < 1.29 is 34.2 Å². The zero-order valence-electron chi connectivity index (χ0n) is 19.1. The second-order valence-corrected chi connectivity index (χ2v) is 8.23. The van der Waals surface area contributed by atoms with Gasteiger partial charge in [-0.25, -0.2) is 9.78 Å². The average molecular weight is 484 g/mol. The van der Waals surface area contributed by atoms with E-state index in [0.717, 1.165) is 0 Å². The molecule has 14 heteroatoms. The van der Waals surface area contributed by atoms with E-state index >= 15 is 0 Å². The molecule has 0 aliphatic carbocycles. The summed E-state index contributed by atoms with van der Waals surface area (Å²) in [6, 6.07) is -5.01. The lowest BCUT2D eigenvalue weighted by atomic mass is 10.0. The molecular weight excluding hydrogens is 450 g/mol. The fourth-order valence-electron chi connectivity index (χ4n) is 3.00. The largest absolute Gasteiger partial charge is 0.480 e. The topological polar surface area (TPSA) is 243 Å². The van der Waals surface area contributed by atoms with Crippen LogP contribution in [0.5, 0.6) is 0 Å². The predicted molar refractivity (Wildman–Crippen MR) is 119 cm³/mol. The minimum absolute atomic E-state index is 0.0985. The standard InChI is InChI=1S/C20H33N7O7/c1-10(2)5-12(21)17(30)27-15(8-28)19(32)26-14(6-11-7-23-9-24-11)18(31)25-13(20(33)34)3-4-16(22)29/h7,9-10,12-15,28H,3-6,8,21H2,1-2H3,(H2,22,29)(H,23,24)(H,25,31)(H,26,32)(H,27,30)(H,33,34). The molecule has 1 aromatic heterocycles. The van der Waals surface area contributed by atoms with Gasteiger partial charge in [0, 0.05) is 24.7 Å². The molecule has 0 aromatic carbocycles. The van der Waals surface area contributed by atoms with Gasteiger partial charge >= 0.3 is 5.97 Å². The Kier molecular flexibility index (Phi) is 11.7. The van der Waals surface area contributed by atoms with Crippen molar-refractivity contribution in [2.45, 2.75) is 63.7 Å². The number of nitrogens with one attached hydrogen (secondary N) is 4. The summed E-state index contributed by atoms with van der Waals surface area (Å²) in [6.07, 6.45) is 2.50. The molecule has 190 valence electrons. The molecule has 0 aliphatic heterocycles. The Morgan fingerprint density at radius 2 is 1.62 bits per heavy atom. The maximum Gasteiger partial charge on any atom is 0.326 e. The number of H-pyrrole nitrogens is 1. The first kappa shape index (κ1) is 28.5. The Bertz CT molecular complexity index is 844. The summed E-state index contributed by atoms with van der Waals surface area (Å²) in [5, 5.41) is 25.9. The first-order chi connectivity index (χ1) is 15.9. The molecule has 14 nitrogen and oxygen atoms in total. The maximum atomic E-state index is 12.8. The average Bonchev–Trinajstić information content (AvgIpc) is 3.26. The summed E-state index contributed by atoms with van der Waals surface area (Å²) >= 11 is 0. The minimum Gasteiger partial charge on any atom is -0.480 e. The van der Waals surface area contributed by atoms with Crippen LogP contribution < -0.4 is 27.4 Å². The SMILES string of the molecule is CC(C)CC(N)C(=O)NC(CO)C(=O)NC(Cc1cnc[nH]1)C(=O)NC(CCC(N)=O)C(=O)O. The Morgan fingerprint density at radius 3 is 2.12 bits per heavy atom. The monoisotopic (exact) mass is 483 g/mol. The highest BCUT2D eigenvalue weighted by Gasteiger charge is 2.30. The van der Waals surface area contributed by atoms with E-state index in [1.54, 1.807) is 0 Å². The first-order valence-electron chi connectivity index (χ1n) is 10.7. The zero-order chi connectivity index (χ0) is 25.8. The summed E-state index contributed by atoms with van der Waals surface area (Å²) < 4.78 is 0. The van der Waals surface area contributed by atoms with Gasteiger partial charge in [-0.15, -0.1) is 0 Å². The normalized spacial score (nSPS) is 14.5. The van der Waals surface area contributed by atoms with Crippen molar-refractivity contribution in [1.29, 1.82) is 0 Å². The van der Waals surface area contributed by atoms with E-state index in [1.807, 2.05) is 13.8 Å². The van der Waals surface area contributed by atoms with Crippen LogP contribution in [0.4, 0.5) is 0 Å². The number of rotatable bonds is 15. The number of hydrogen-bond acceptors (Lipinski definition) is 8. The third kappa shape index (κ3) is 9.95. The number of amides is 4. The molecule has 0 aliphatic rings. The molecule has 0 saturated heterocycles. The number of nitrogens with zero attached hydrogens (tertiary/aromatic N) is 1. The number of aromatic nitrogens is 2. The molecule has 0 radical (unpaired) electrons. The van der Waals surface area contributed by atoms with Crippen molar-refractivity contribution in [2.75, 3.05) is 6.61 Å². The number of hydrogen-bond donors (Lipinski definition) is 8. The van der Waals surface area contributed by atoms with Crippen molar-refractivity contribution in [1.82, 2.24) is 25.9 Å². The third-order valence-electron chi connectivity index (χ3n) is 4.78. The lowest BCUT2D eigenvalue weighted by Crippen LogP contribution is -2.58. The van der Waals surface area contributed by atoms with Gasteiger partial charge in [0.2, 0.25) is 23.6 Å². The Morgan fingerprint density at radius 1 is 1.03 bits per heavy atom. The first-order valence-corrected chi connectivity index (χ1v) is 10.7. The molecule has 34 heavy (non-hydrogen) atoms. The fraction of sp³-hybridized carbons (Fsp3) is 0.600. The second kappa shape index (κ2) is 13.9. The van der Waals surface area contributed by atoms with E-state index in [9.17, 15) is 34.2 Å². The number of carbonyl (C=O) groups is 5. The van der Waals surface area contributed by atoms with Crippen LogP contribution in [0.1, 0.15) is 38.8 Å². The molecule has 0 saturated carbocycles. The van der Waals surface area contributed by atoms with Crippen molar-refractivity contribution in [3.63, 3.8) is 0 Å². The quantitative estimate of drug-likeness (QED) is 0.127. The fourth-order valence-corrected chi connectivity index (χ4v) is 3.00. The van der Waals surface area contributed by atoms with Crippen LogP contribution in [0.15, 0.2) is 12.5 Å². The number of carboxylic acid groups (broad SMARTS) is 1. The van der Waals surface area contributed by atoms with E-state index in [-0.39, 0.29) is 25.2 Å². The molecule has 10 N–H and O–H groups in total. The van der Waals surface area contributed by atoms with E-state index in [2.05, 4.69) is 25.9 Å². The summed E-state index contributed by atoms with van der Waals surface area (Å²) in [5.41, 5.74) is 11.3. The van der Waals surface area contributed by atoms with Gasteiger partial charge in [-0.1, -0.05) is 13.8 Å². The number of nitrogens with two attached hydrogens (primary N) is 2. The second-order valence-electron chi connectivity index (χ2n) is 8.23. The summed E-state index contributed by atoms with van der Waals surface area (Å²) in [5.74, 6) is -4.38. The highest BCUT2D eigenvalue weighted by atomic mass is 16.4. The number of aliphatic hydroxyl groups excluding tert-OH is 1. The number of aliphatic carboxylic acids is 1. The molecule has 1 heterocycles. The van der Waals surface area contributed by atoms with Crippen molar-refractivity contribution in [2.24, 2.45) is 17.4 Å². The van der Waals surface area contributed by atoms with E-state index in [1.165, 1.54) is 12.5 Å². The van der Waals surface area contributed by atoms with Crippen LogP contribution in [0.3, 0.4) is 0 Å². The van der Waals surface area contributed by atoms with Gasteiger partial charge in [-0.05, 0) is 18.8 Å². The number of imidazole rings is 1. The Hall–Kier alpha value is -3.52. The highest BCUT2D eigenvalue weighted by molar-refractivity contribution is 5.94. The van der Waals surface area contributed by atoms with E-state index in [4.69, 9.17) is 11.5 Å². The van der Waals surface area contributed by atoms with E-state index < -0.39 is 60.4 Å². The van der Waals surface area contributed by atoms with Crippen LogP contribution in [0.25, 0.3) is 0 Å². The molecule has 0 fully saturated rings. The van der Waals surface area contributed by atoms with Crippen molar-refractivity contribution >= 4 is 29.6 Å². The minimum atomic E-state index is -1.43. The zero-order valence-corrected chi connectivity index (χ0v) is 19.1. The van der Waals surface area contributed by atoms with Gasteiger partial charge in [0.15, 0.2) is 0 Å². The summed E-state index contributed by atoms with van der Waals surface area (Å²) in [4.78, 5) is 66.8. The number of carboxylic acids is 1. The van der Waals surface area contributed by atoms with Crippen molar-refractivity contribution in [3.8, 4) is 0 Å². The molecule has 0 spiro atoms. The number of primary amides is 1. The van der Waals surface area contributed by atoms with Crippen LogP contribution in [0.2, 0.25) is 0 Å². The number of aliphatic hydroxyl groups is 1. The van der Waals surface area contributed by atoms with Gasteiger partial charge in [0.05, 0.1) is 19.0 Å². The Balaban J connectivity index is 2.94. The third-order valence-corrected chi connectivity index (χ3v) is 4.78. The van der Waals surface area contributed by atoms with Crippen molar-refractivity contribution in [3.05, 3.63) is 18.2 Å². The maximum absolute atomic E-state index is 12.8. The summed E-state index contributed by atoms with van der Waals surface area (Å²) in [6.45, 7) is 2.98. The lowest BCUT2D eigenvalue weighted by molar-refractivity contribution is -0.142. The smallest absolute Gasteiger partial charge is 0.326 e. The Labute approximate surface area is 196 Å². The van der Waals surface area contributed by atoms with Crippen LogP contribution in [0, 0.1) is 5.92 Å². The molecule has 1 aromatic rings. The van der Waals surface area contributed by atoms with Crippen LogP contribution in [-0.2, 0) is 30.4 Å². The van der Waals surface area contributed by atoms with Gasteiger partial charge in [0.25, 0.3) is 0 Å². The number of aromatic amines is 1. The predicted octanol–water partition coefficient (Wildman–Crippen LogP) is -2.88. The molecule has 1 rings (SSSR count). The molecular formula is C20H33N7O7. The van der Waals surface area contributed by atoms with Gasteiger partial charge < -0.3 is 42.6 Å². The highest BCUT2D eigenvalue weighted by Crippen LogP contribution is 2.05. The number of carbonyl (C=O) groups excluding carboxylic acids is 4.